The average Bonchev–Trinajstić information content (AvgIpc) is 3.68. The Morgan fingerprint density at radius 3 is 1.91 bits per heavy atom. The second-order valence-electron chi connectivity index (χ2n) is 12.6. The Bertz CT molecular complexity index is 1500. The first-order valence-electron chi connectivity index (χ1n) is 17.8. The maximum absolute atomic E-state index is 12.7. The fraction of sp³-hybridized carbons (Fsp3) is 0.513. The number of rotatable bonds is 21. The quantitative estimate of drug-likeness (QED) is 0.0812. The van der Waals surface area contributed by atoms with Gasteiger partial charge in [0.05, 0.1) is 38.4 Å². The van der Waals surface area contributed by atoms with Crippen molar-refractivity contribution in [2.45, 2.75) is 124 Å². The second-order valence-corrected chi connectivity index (χ2v) is 14.8. The van der Waals surface area contributed by atoms with Crippen LogP contribution in [0, 0.1) is 13.8 Å². The first kappa shape index (κ1) is 36.7. The number of carbonyl (C=O) groups excluding carboxylic acids is 1. The third kappa shape index (κ3) is 11.8. The number of amidine groups is 1. The highest BCUT2D eigenvalue weighted by Crippen LogP contribution is 2.33. The molecule has 0 fully saturated rings. The smallest absolute Gasteiger partial charge is 0.392 e. The first-order valence-corrected chi connectivity index (χ1v) is 19.4. The minimum absolute atomic E-state index is 0.0144. The Hall–Kier alpha value is -3.10. The number of azo groups is 1. The lowest BCUT2D eigenvalue weighted by molar-refractivity contribution is -0.439. The molecule has 1 aromatic heterocycles. The molecular formula is C39H53N4O2S2+. The van der Waals surface area contributed by atoms with E-state index < -0.39 is 0 Å². The third-order valence-electron chi connectivity index (χ3n) is 8.70. The Kier molecular flexibility index (Phi) is 15.9. The molecule has 0 radical (unpaired) electrons. The molecule has 0 spiro atoms. The van der Waals surface area contributed by atoms with Crippen molar-refractivity contribution >= 4 is 45.8 Å². The first-order chi connectivity index (χ1) is 23.0. The number of ketones is 1. The molecule has 0 saturated heterocycles. The van der Waals surface area contributed by atoms with Crippen molar-refractivity contribution in [1.29, 1.82) is 0 Å². The second kappa shape index (κ2) is 20.3. The SMILES string of the molecule is CCCCCCCCCCCCCCCCCC[N+](=C1N=N/C(=C/C=C2C(=O)C(/C=C/c3sc(C)nc3C)=C2O)S1)c1ccccc1. The van der Waals surface area contributed by atoms with E-state index in [9.17, 15) is 9.90 Å². The summed E-state index contributed by atoms with van der Waals surface area (Å²) in [7, 11) is 0. The van der Waals surface area contributed by atoms with Crippen molar-refractivity contribution in [2.75, 3.05) is 6.54 Å². The fourth-order valence-electron chi connectivity index (χ4n) is 5.93. The van der Waals surface area contributed by atoms with Gasteiger partial charge in [0.15, 0.2) is 5.03 Å². The van der Waals surface area contributed by atoms with Crippen molar-refractivity contribution in [3.63, 3.8) is 0 Å². The summed E-state index contributed by atoms with van der Waals surface area (Å²) >= 11 is 3.06. The lowest BCUT2D eigenvalue weighted by Gasteiger charge is -2.17. The van der Waals surface area contributed by atoms with Gasteiger partial charge in [0.25, 0.3) is 0 Å². The number of aromatic nitrogens is 1. The summed E-state index contributed by atoms with van der Waals surface area (Å²) in [6.45, 7) is 7.06. The van der Waals surface area contributed by atoms with Gasteiger partial charge in [-0.2, -0.15) is 0 Å². The van der Waals surface area contributed by atoms with Gasteiger partial charge in [-0.25, -0.2) is 9.56 Å². The molecule has 0 bridgehead atoms. The molecule has 4 rings (SSSR count). The number of nitrogens with zero attached hydrogens (tertiary/aromatic N) is 4. The number of thioether (sulfide) groups is 1. The normalized spacial score (nSPS) is 17.6. The van der Waals surface area contributed by atoms with E-state index in [2.05, 4.69) is 51.0 Å². The number of hydrogen-bond acceptors (Lipinski definition) is 6. The van der Waals surface area contributed by atoms with Crippen LogP contribution in [0.2, 0.25) is 0 Å². The van der Waals surface area contributed by atoms with Crippen molar-refractivity contribution in [2.24, 2.45) is 10.2 Å². The van der Waals surface area contributed by atoms with Crippen LogP contribution in [0.15, 0.2) is 80.7 Å². The molecule has 2 aromatic rings. The number of thiazole rings is 1. The Labute approximate surface area is 290 Å². The van der Waals surface area contributed by atoms with Gasteiger partial charge in [-0.3, -0.25) is 4.79 Å². The molecule has 2 aliphatic rings. The molecule has 0 atom stereocenters. The molecular weight excluding hydrogens is 621 g/mol. The molecule has 2 heterocycles. The fourth-order valence-corrected chi connectivity index (χ4v) is 7.55. The molecule has 0 unspecified atom stereocenters. The van der Waals surface area contributed by atoms with E-state index in [4.69, 9.17) is 0 Å². The molecule has 1 aliphatic heterocycles. The van der Waals surface area contributed by atoms with Crippen LogP contribution >= 0.6 is 23.1 Å². The predicted molar refractivity (Wildman–Crippen MR) is 200 cm³/mol. The number of carbonyl (C=O) groups is 1. The number of aliphatic hydroxyl groups excluding tert-OH is 1. The largest absolute Gasteiger partial charge is 0.506 e. The zero-order chi connectivity index (χ0) is 33.3. The summed E-state index contributed by atoms with van der Waals surface area (Å²) in [6.07, 6.45) is 28.6. The lowest BCUT2D eigenvalue weighted by Crippen LogP contribution is -2.20. The summed E-state index contributed by atoms with van der Waals surface area (Å²) in [5.74, 6) is -0.159. The zero-order valence-electron chi connectivity index (χ0n) is 28.7. The molecule has 6 nitrogen and oxygen atoms in total. The lowest BCUT2D eigenvalue weighted by atomic mass is 9.87. The molecule has 1 aromatic carbocycles. The standard InChI is InChI=1S/C39H52N4O2S2/c1-4-5-6-7-8-9-10-11-12-13-14-15-16-17-18-22-29-43(32-23-20-19-21-24-32)39-42-41-36(47-39)28-26-34-37(44)33(38(34)45)25-27-35-30(2)40-31(3)46-35/h19-21,23-28H,4-18,22,29H2,1-3H3/p+1. The van der Waals surface area contributed by atoms with Gasteiger partial charge in [-0.15, -0.1) is 11.3 Å². The van der Waals surface area contributed by atoms with E-state index in [1.807, 2.05) is 26.0 Å². The van der Waals surface area contributed by atoms with Crippen molar-refractivity contribution in [3.8, 4) is 0 Å². The number of unbranched alkanes of at least 4 members (excludes halogenated alkanes) is 15. The summed E-state index contributed by atoms with van der Waals surface area (Å²) in [5, 5.41) is 21.9. The molecule has 0 saturated carbocycles. The molecule has 1 aliphatic carbocycles. The number of allylic oxidation sites excluding steroid dienone is 5. The maximum Gasteiger partial charge on any atom is 0.392 e. The maximum atomic E-state index is 12.7. The number of aryl methyl sites for hydroxylation is 2. The summed E-state index contributed by atoms with van der Waals surface area (Å²) in [4.78, 5) is 18.1. The van der Waals surface area contributed by atoms with Gasteiger partial charge in [0.2, 0.25) is 5.78 Å². The summed E-state index contributed by atoms with van der Waals surface area (Å²) in [6, 6.07) is 10.4. The highest BCUT2D eigenvalue weighted by molar-refractivity contribution is 8.17. The topological polar surface area (TPSA) is 77.9 Å². The number of benzene rings is 1. The van der Waals surface area contributed by atoms with Gasteiger partial charge >= 0.3 is 5.17 Å². The number of para-hydroxylation sites is 1. The highest BCUT2D eigenvalue weighted by Gasteiger charge is 2.32. The van der Waals surface area contributed by atoms with Crippen LogP contribution in [-0.4, -0.2) is 32.2 Å². The van der Waals surface area contributed by atoms with Crippen LogP contribution in [0.25, 0.3) is 6.08 Å². The van der Waals surface area contributed by atoms with E-state index in [0.717, 1.165) is 39.4 Å². The van der Waals surface area contributed by atoms with Gasteiger partial charge in [-0.05, 0) is 68.2 Å². The van der Waals surface area contributed by atoms with Crippen LogP contribution < -0.4 is 0 Å². The molecule has 0 amide bonds. The van der Waals surface area contributed by atoms with Crippen LogP contribution in [0.5, 0.6) is 0 Å². The van der Waals surface area contributed by atoms with E-state index in [1.54, 1.807) is 29.6 Å². The predicted octanol–water partition coefficient (Wildman–Crippen LogP) is 12.1. The highest BCUT2D eigenvalue weighted by atomic mass is 32.2. The van der Waals surface area contributed by atoms with Gasteiger partial charge < -0.3 is 5.11 Å². The summed E-state index contributed by atoms with van der Waals surface area (Å²) < 4.78 is 2.24. The molecule has 47 heavy (non-hydrogen) atoms. The van der Waals surface area contributed by atoms with Crippen molar-refractivity contribution in [1.82, 2.24) is 4.98 Å². The molecule has 8 heteroatoms. The van der Waals surface area contributed by atoms with Crippen molar-refractivity contribution < 1.29 is 14.5 Å². The Balaban J connectivity index is 1.20. The van der Waals surface area contributed by atoms with E-state index >= 15 is 0 Å². The van der Waals surface area contributed by atoms with Crippen LogP contribution in [-0.2, 0) is 4.79 Å². The van der Waals surface area contributed by atoms with E-state index in [1.165, 1.54) is 108 Å². The van der Waals surface area contributed by atoms with Crippen LogP contribution in [0.4, 0.5) is 5.69 Å². The van der Waals surface area contributed by atoms with E-state index in [0.29, 0.717) is 16.2 Å². The Morgan fingerprint density at radius 2 is 1.36 bits per heavy atom. The Morgan fingerprint density at radius 1 is 0.766 bits per heavy atom. The monoisotopic (exact) mass is 673 g/mol. The minimum atomic E-state index is -0.173. The zero-order valence-corrected chi connectivity index (χ0v) is 30.3. The van der Waals surface area contributed by atoms with Gasteiger partial charge in [0.1, 0.15) is 11.4 Å². The number of Topliss-reactive ketones (excluding diaryl/α,β-unsaturated/α-hetero) is 1. The minimum Gasteiger partial charge on any atom is -0.506 e. The third-order valence-corrected chi connectivity index (χ3v) is 10.6. The number of hydrogen-bond donors (Lipinski definition) is 1. The molecule has 252 valence electrons. The number of aliphatic hydroxyl groups is 1. The van der Waals surface area contributed by atoms with Crippen molar-refractivity contribution in [3.05, 3.63) is 86.1 Å². The van der Waals surface area contributed by atoms with Crippen LogP contribution in [0.3, 0.4) is 0 Å². The van der Waals surface area contributed by atoms with Gasteiger partial charge in [0, 0.05) is 11.8 Å². The van der Waals surface area contributed by atoms with E-state index in [-0.39, 0.29) is 11.5 Å². The van der Waals surface area contributed by atoms with Crippen LogP contribution in [0.1, 0.15) is 125 Å². The molecule has 1 N–H and O–H groups in total. The average molecular weight is 674 g/mol. The summed E-state index contributed by atoms with van der Waals surface area (Å²) in [5.41, 5.74) is 2.65. The van der Waals surface area contributed by atoms with Gasteiger partial charge in [-0.1, -0.05) is 115 Å².